The van der Waals surface area contributed by atoms with Gasteiger partial charge in [0.15, 0.2) is 11.6 Å². The molecule has 1 unspecified atom stereocenters. The normalized spacial score (nSPS) is 32.5. The summed E-state index contributed by atoms with van der Waals surface area (Å²) in [5, 5.41) is 1.68. The number of ether oxygens (including phenoxy) is 1. The van der Waals surface area contributed by atoms with E-state index in [9.17, 15) is 9.59 Å². The summed E-state index contributed by atoms with van der Waals surface area (Å²) in [4.78, 5) is 31.6. The number of ketones is 2. The van der Waals surface area contributed by atoms with E-state index in [-0.39, 0.29) is 35.6 Å². The Bertz CT molecular complexity index is 928. The first-order valence-corrected chi connectivity index (χ1v) is 10.2. The highest BCUT2D eigenvalue weighted by Crippen LogP contribution is 2.52. The Labute approximate surface area is 164 Å². The van der Waals surface area contributed by atoms with Crippen LogP contribution in [0.25, 0.3) is 10.6 Å². The molecule has 0 radical (unpaired) electrons. The number of rotatable bonds is 2. The van der Waals surface area contributed by atoms with Crippen molar-refractivity contribution in [1.29, 1.82) is 0 Å². The molecule has 0 amide bonds. The van der Waals surface area contributed by atoms with Crippen LogP contribution in [0, 0.1) is 18.8 Å². The zero-order valence-corrected chi connectivity index (χ0v) is 16.2. The number of aryl methyl sites for hydroxylation is 1. The Morgan fingerprint density at radius 2 is 1.73 bits per heavy atom. The second-order valence-electron chi connectivity index (χ2n) is 7.17. The summed E-state index contributed by atoms with van der Waals surface area (Å²) < 4.78 is 5.81. The van der Waals surface area contributed by atoms with Gasteiger partial charge in [-0.2, -0.15) is 0 Å². The fourth-order valence-electron chi connectivity index (χ4n) is 4.62. The van der Waals surface area contributed by atoms with Gasteiger partial charge in [0.25, 0.3) is 0 Å². The SMILES string of the molecule is Cc1sc(-c2ccc(Cl)c(Cl)c2)nc1C1C(=O)[C@@H]2[C@H](C1=O)[C@H]1CC[C@@H]2O1. The molecule has 2 aromatic rings. The number of Topliss-reactive ketones (excluding diaryl/α,β-unsaturated/α-hetero) is 2. The Hall–Kier alpha value is -1.27. The van der Waals surface area contributed by atoms with E-state index >= 15 is 0 Å². The van der Waals surface area contributed by atoms with Gasteiger partial charge in [-0.05, 0) is 31.9 Å². The van der Waals surface area contributed by atoms with Crippen molar-refractivity contribution in [2.24, 2.45) is 11.8 Å². The number of aromatic nitrogens is 1. The Kier molecular flexibility index (Phi) is 3.80. The number of carbonyl (C=O) groups is 2. The fourth-order valence-corrected chi connectivity index (χ4v) is 5.87. The minimum Gasteiger partial charge on any atom is -0.373 e. The lowest BCUT2D eigenvalue weighted by Gasteiger charge is -2.16. The summed E-state index contributed by atoms with van der Waals surface area (Å²) in [6.45, 7) is 1.91. The van der Waals surface area contributed by atoms with Crippen LogP contribution in [-0.4, -0.2) is 28.8 Å². The van der Waals surface area contributed by atoms with E-state index in [4.69, 9.17) is 27.9 Å². The molecule has 0 N–H and O–H groups in total. The van der Waals surface area contributed by atoms with Crippen LogP contribution in [0.3, 0.4) is 0 Å². The van der Waals surface area contributed by atoms with Gasteiger partial charge in [0.1, 0.15) is 10.9 Å². The highest BCUT2D eigenvalue weighted by atomic mass is 35.5. The van der Waals surface area contributed by atoms with Crippen LogP contribution >= 0.6 is 34.5 Å². The Morgan fingerprint density at radius 1 is 1.08 bits per heavy atom. The summed E-state index contributed by atoms with van der Waals surface area (Å²) in [5.74, 6) is -1.33. The van der Waals surface area contributed by atoms with Gasteiger partial charge in [0.05, 0.1) is 39.8 Å². The summed E-state index contributed by atoms with van der Waals surface area (Å²) >= 11 is 13.6. The molecule has 3 heterocycles. The summed E-state index contributed by atoms with van der Waals surface area (Å²) in [5.41, 5.74) is 1.43. The van der Waals surface area contributed by atoms with Crippen LogP contribution in [0.15, 0.2) is 18.2 Å². The van der Waals surface area contributed by atoms with Crippen molar-refractivity contribution in [2.45, 2.75) is 37.9 Å². The Balaban J connectivity index is 1.53. The fraction of sp³-hybridized carbons (Fsp3) is 0.421. The number of fused-ring (bicyclic) bond motifs is 5. The molecule has 0 spiro atoms. The standard InChI is InChI=1S/C19H15Cl2NO3S/c1-7-16(22-19(26-7)8-2-3-9(20)10(21)6-8)15-17(23)13-11-4-5-12(25-11)14(13)18(15)24/h2-3,6,11-15H,4-5H2,1H3/t11-,12+,13-,14+,15?. The zero-order valence-electron chi connectivity index (χ0n) is 13.9. The van der Waals surface area contributed by atoms with Gasteiger partial charge in [-0.15, -0.1) is 11.3 Å². The maximum Gasteiger partial charge on any atom is 0.155 e. The first kappa shape index (κ1) is 16.9. The third-order valence-corrected chi connectivity index (χ3v) is 7.55. The van der Waals surface area contributed by atoms with Crippen molar-refractivity contribution in [3.05, 3.63) is 38.8 Å². The number of hydrogen-bond donors (Lipinski definition) is 0. The lowest BCUT2D eigenvalue weighted by molar-refractivity contribution is -0.127. The largest absolute Gasteiger partial charge is 0.373 e. The summed E-state index contributed by atoms with van der Waals surface area (Å²) in [6.07, 6.45) is 1.59. The van der Waals surface area contributed by atoms with E-state index in [2.05, 4.69) is 4.98 Å². The molecule has 26 heavy (non-hydrogen) atoms. The first-order valence-electron chi connectivity index (χ1n) is 8.61. The predicted octanol–water partition coefficient (Wildman–Crippen LogP) is 4.45. The smallest absolute Gasteiger partial charge is 0.155 e. The average molecular weight is 408 g/mol. The zero-order chi connectivity index (χ0) is 18.2. The molecule has 1 saturated carbocycles. The molecule has 2 aliphatic heterocycles. The van der Waals surface area contributed by atoms with Crippen molar-refractivity contribution in [3.8, 4) is 10.6 Å². The molecule has 134 valence electrons. The van der Waals surface area contributed by atoms with Crippen LogP contribution < -0.4 is 0 Å². The number of benzene rings is 1. The Morgan fingerprint density at radius 3 is 2.35 bits per heavy atom. The minimum absolute atomic E-state index is 0.0127. The van der Waals surface area contributed by atoms with E-state index in [1.807, 2.05) is 13.0 Å². The highest BCUT2D eigenvalue weighted by molar-refractivity contribution is 7.15. The van der Waals surface area contributed by atoms with Gasteiger partial charge >= 0.3 is 0 Å². The average Bonchev–Trinajstić information content (AvgIpc) is 3.35. The molecule has 4 nitrogen and oxygen atoms in total. The molecule has 1 aromatic heterocycles. The quantitative estimate of drug-likeness (QED) is 0.689. The van der Waals surface area contributed by atoms with Crippen molar-refractivity contribution in [1.82, 2.24) is 4.98 Å². The molecule has 3 aliphatic rings. The summed E-state index contributed by atoms with van der Waals surface area (Å²) in [6, 6.07) is 5.32. The van der Waals surface area contributed by atoms with Gasteiger partial charge in [0.2, 0.25) is 0 Å². The molecular weight excluding hydrogens is 393 g/mol. The van der Waals surface area contributed by atoms with E-state index in [0.29, 0.717) is 15.7 Å². The van der Waals surface area contributed by atoms with Crippen molar-refractivity contribution in [2.75, 3.05) is 0 Å². The molecule has 2 saturated heterocycles. The van der Waals surface area contributed by atoms with Gasteiger partial charge in [-0.3, -0.25) is 9.59 Å². The number of nitrogens with zero attached hydrogens (tertiary/aromatic N) is 1. The number of carbonyl (C=O) groups excluding carboxylic acids is 2. The molecule has 2 bridgehead atoms. The minimum atomic E-state index is -0.746. The third-order valence-electron chi connectivity index (χ3n) is 5.77. The van der Waals surface area contributed by atoms with E-state index in [1.165, 1.54) is 11.3 Å². The second-order valence-corrected chi connectivity index (χ2v) is 9.19. The number of thiazole rings is 1. The van der Waals surface area contributed by atoms with Crippen LogP contribution in [0.4, 0.5) is 0 Å². The molecule has 5 rings (SSSR count). The molecular formula is C19H15Cl2NO3S. The van der Waals surface area contributed by atoms with Gasteiger partial charge < -0.3 is 4.74 Å². The topological polar surface area (TPSA) is 56.3 Å². The van der Waals surface area contributed by atoms with Crippen LogP contribution in [0.2, 0.25) is 10.0 Å². The molecule has 1 aliphatic carbocycles. The van der Waals surface area contributed by atoms with Gasteiger partial charge in [-0.25, -0.2) is 4.98 Å². The third kappa shape index (κ3) is 2.27. The number of halogens is 2. The molecule has 3 fully saturated rings. The maximum absolute atomic E-state index is 13.0. The van der Waals surface area contributed by atoms with E-state index in [1.54, 1.807) is 12.1 Å². The number of hydrogen-bond acceptors (Lipinski definition) is 5. The summed E-state index contributed by atoms with van der Waals surface area (Å²) in [7, 11) is 0. The molecule has 1 aromatic carbocycles. The lowest BCUT2D eigenvalue weighted by Crippen LogP contribution is -2.29. The van der Waals surface area contributed by atoms with Crippen molar-refractivity contribution < 1.29 is 14.3 Å². The maximum atomic E-state index is 13.0. The highest BCUT2D eigenvalue weighted by Gasteiger charge is 2.63. The predicted molar refractivity (Wildman–Crippen MR) is 99.9 cm³/mol. The van der Waals surface area contributed by atoms with Gasteiger partial charge in [-0.1, -0.05) is 29.3 Å². The van der Waals surface area contributed by atoms with Crippen LogP contribution in [0.5, 0.6) is 0 Å². The van der Waals surface area contributed by atoms with Crippen molar-refractivity contribution >= 4 is 46.1 Å². The second kappa shape index (κ2) is 5.86. The molecule has 5 atom stereocenters. The monoisotopic (exact) mass is 407 g/mol. The molecule has 7 heteroatoms. The lowest BCUT2D eigenvalue weighted by atomic mass is 9.81. The van der Waals surface area contributed by atoms with Crippen molar-refractivity contribution in [3.63, 3.8) is 0 Å². The van der Waals surface area contributed by atoms with E-state index in [0.717, 1.165) is 28.3 Å². The van der Waals surface area contributed by atoms with Crippen LogP contribution in [0.1, 0.15) is 29.3 Å². The van der Waals surface area contributed by atoms with Crippen LogP contribution in [-0.2, 0) is 14.3 Å². The van der Waals surface area contributed by atoms with E-state index < -0.39 is 5.92 Å². The first-order chi connectivity index (χ1) is 12.5. The van der Waals surface area contributed by atoms with Gasteiger partial charge in [0, 0.05) is 10.4 Å².